The minimum absolute atomic E-state index is 0.0998. The lowest BCUT2D eigenvalue weighted by Gasteiger charge is -2.34. The monoisotopic (exact) mass is 641 g/mol. The Morgan fingerprint density at radius 3 is 1.96 bits per heavy atom. The largest absolute Gasteiger partial charge is 0.489 e. The smallest absolute Gasteiger partial charge is 0.244 e. The first-order chi connectivity index (χ1) is 22.0. The third kappa shape index (κ3) is 9.94. The fraction of sp³-hybridized carbons (Fsp3) is 0.297. The molecule has 0 spiro atoms. The van der Waals surface area contributed by atoms with Gasteiger partial charge in [0, 0.05) is 19.0 Å². The van der Waals surface area contributed by atoms with E-state index in [1.807, 2.05) is 106 Å². The molecule has 4 rings (SSSR count). The molecule has 0 unspecified atom stereocenters. The maximum atomic E-state index is 14.3. The van der Waals surface area contributed by atoms with Crippen molar-refractivity contribution in [2.45, 2.75) is 58.8 Å². The summed E-state index contributed by atoms with van der Waals surface area (Å²) in [6, 6.07) is 32.6. The summed E-state index contributed by atoms with van der Waals surface area (Å²) in [5.41, 5.74) is 4.11. The molecule has 4 aromatic rings. The van der Waals surface area contributed by atoms with Crippen LogP contribution < -0.4 is 14.4 Å². The number of carbonyl (C=O) groups is 2. The minimum Gasteiger partial charge on any atom is -0.489 e. The SMILES string of the molecule is CC[C@@H](C)NC(=O)[C@H](Cc1ccccc1)N(Cc1ccc(C)cc1)C(=O)CN(c1ccc(OCc2ccccc2)cc1)S(C)(=O)=O. The van der Waals surface area contributed by atoms with Crippen LogP contribution in [0.2, 0.25) is 0 Å². The van der Waals surface area contributed by atoms with Crippen LogP contribution in [0, 0.1) is 6.92 Å². The van der Waals surface area contributed by atoms with E-state index >= 15 is 0 Å². The number of carbonyl (C=O) groups excluding carboxylic acids is 2. The molecule has 0 heterocycles. The van der Waals surface area contributed by atoms with E-state index in [2.05, 4.69) is 5.32 Å². The number of nitrogens with one attached hydrogen (secondary N) is 1. The van der Waals surface area contributed by atoms with E-state index in [1.165, 1.54) is 4.90 Å². The molecule has 0 aliphatic carbocycles. The number of hydrogen-bond acceptors (Lipinski definition) is 5. The van der Waals surface area contributed by atoms with Gasteiger partial charge in [-0.3, -0.25) is 13.9 Å². The second-order valence-corrected chi connectivity index (χ2v) is 13.5. The van der Waals surface area contributed by atoms with Crippen molar-refractivity contribution in [1.29, 1.82) is 0 Å². The molecule has 0 aliphatic rings. The number of sulfonamides is 1. The lowest BCUT2D eigenvalue weighted by atomic mass is 10.0. The maximum Gasteiger partial charge on any atom is 0.244 e. The van der Waals surface area contributed by atoms with Crippen LogP contribution in [0.5, 0.6) is 5.75 Å². The van der Waals surface area contributed by atoms with Crippen LogP contribution in [0.4, 0.5) is 5.69 Å². The number of rotatable bonds is 15. The summed E-state index contributed by atoms with van der Waals surface area (Å²) in [5, 5.41) is 3.05. The van der Waals surface area contributed by atoms with Crippen LogP contribution in [-0.2, 0) is 39.2 Å². The standard InChI is InChI=1S/C37H43N3O5S/c1-5-29(3)38-37(42)35(24-30-12-8-6-9-13-30)39(25-31-18-16-28(2)17-19-31)36(41)26-40(46(4,43)44)33-20-22-34(23-21-33)45-27-32-14-10-7-11-15-32/h6-23,29,35H,5,24-27H2,1-4H3,(H,38,42)/t29-,35+/m1/s1. The van der Waals surface area contributed by atoms with E-state index in [1.54, 1.807) is 24.3 Å². The van der Waals surface area contributed by atoms with Crippen LogP contribution in [0.25, 0.3) is 0 Å². The van der Waals surface area contributed by atoms with Gasteiger partial charge in [-0.1, -0.05) is 97.4 Å². The molecule has 9 heteroatoms. The summed E-state index contributed by atoms with van der Waals surface area (Å²) in [6.45, 7) is 5.90. The number of aryl methyl sites for hydroxylation is 1. The van der Waals surface area contributed by atoms with E-state index in [4.69, 9.17) is 4.74 Å². The lowest BCUT2D eigenvalue weighted by Crippen LogP contribution is -2.54. The number of nitrogens with zero attached hydrogens (tertiary/aromatic N) is 2. The zero-order valence-corrected chi connectivity index (χ0v) is 27.7. The maximum absolute atomic E-state index is 14.3. The van der Waals surface area contributed by atoms with Gasteiger partial charge in [-0.15, -0.1) is 0 Å². The second kappa shape index (κ2) is 16.1. The molecule has 0 radical (unpaired) electrons. The molecule has 8 nitrogen and oxygen atoms in total. The second-order valence-electron chi connectivity index (χ2n) is 11.6. The summed E-state index contributed by atoms with van der Waals surface area (Å²) in [7, 11) is -3.88. The zero-order valence-electron chi connectivity index (χ0n) is 26.9. The number of amides is 2. The summed E-state index contributed by atoms with van der Waals surface area (Å²) < 4.78 is 33.2. The van der Waals surface area contributed by atoms with Crippen molar-refractivity contribution in [1.82, 2.24) is 10.2 Å². The first-order valence-corrected chi connectivity index (χ1v) is 17.3. The molecule has 4 aromatic carbocycles. The molecule has 0 fully saturated rings. The van der Waals surface area contributed by atoms with E-state index in [9.17, 15) is 18.0 Å². The number of hydrogen-bond donors (Lipinski definition) is 1. The highest BCUT2D eigenvalue weighted by molar-refractivity contribution is 7.92. The van der Waals surface area contributed by atoms with Crippen molar-refractivity contribution >= 4 is 27.5 Å². The van der Waals surface area contributed by atoms with Crippen LogP contribution in [0.15, 0.2) is 109 Å². The fourth-order valence-corrected chi connectivity index (χ4v) is 5.80. The van der Waals surface area contributed by atoms with Gasteiger partial charge in [-0.2, -0.15) is 0 Å². The van der Waals surface area contributed by atoms with Crippen molar-refractivity contribution in [2.24, 2.45) is 0 Å². The fourth-order valence-electron chi connectivity index (χ4n) is 4.95. The summed E-state index contributed by atoms with van der Waals surface area (Å²) in [5.74, 6) is -0.210. The Morgan fingerprint density at radius 2 is 1.39 bits per heavy atom. The van der Waals surface area contributed by atoms with Crippen LogP contribution in [0.3, 0.4) is 0 Å². The third-order valence-electron chi connectivity index (χ3n) is 7.80. The van der Waals surface area contributed by atoms with Crippen LogP contribution in [0.1, 0.15) is 42.5 Å². The first kappa shape index (κ1) is 34.2. The summed E-state index contributed by atoms with van der Waals surface area (Å²) in [4.78, 5) is 29.6. The van der Waals surface area contributed by atoms with E-state index in [-0.39, 0.29) is 24.9 Å². The topological polar surface area (TPSA) is 96.0 Å². The Labute approximate surface area is 273 Å². The van der Waals surface area contributed by atoms with Crippen molar-refractivity contribution in [3.63, 3.8) is 0 Å². The Kier molecular flexibility index (Phi) is 12.0. The van der Waals surface area contributed by atoms with Gasteiger partial charge in [0.2, 0.25) is 21.8 Å². The molecular weight excluding hydrogens is 598 g/mol. The number of benzene rings is 4. The van der Waals surface area contributed by atoms with Gasteiger partial charge in [0.15, 0.2) is 0 Å². The van der Waals surface area contributed by atoms with Crippen molar-refractivity contribution in [3.05, 3.63) is 131 Å². The van der Waals surface area contributed by atoms with Crippen LogP contribution in [-0.4, -0.2) is 50.0 Å². The quantitative estimate of drug-likeness (QED) is 0.175. The Bertz CT molecular complexity index is 1660. The van der Waals surface area contributed by atoms with Gasteiger partial charge in [-0.05, 0) is 61.2 Å². The molecule has 46 heavy (non-hydrogen) atoms. The van der Waals surface area contributed by atoms with Gasteiger partial charge in [0.25, 0.3) is 0 Å². The lowest BCUT2D eigenvalue weighted by molar-refractivity contribution is -0.140. The predicted molar refractivity (Wildman–Crippen MR) is 183 cm³/mol. The minimum atomic E-state index is -3.88. The Morgan fingerprint density at radius 1 is 0.804 bits per heavy atom. The van der Waals surface area contributed by atoms with E-state index in [0.29, 0.717) is 18.0 Å². The molecule has 0 bridgehead atoms. The number of anilines is 1. The van der Waals surface area contributed by atoms with Crippen molar-refractivity contribution in [3.8, 4) is 5.75 Å². The van der Waals surface area contributed by atoms with Gasteiger partial charge < -0.3 is 15.0 Å². The van der Waals surface area contributed by atoms with Crippen molar-refractivity contribution < 1.29 is 22.7 Å². The van der Waals surface area contributed by atoms with E-state index in [0.717, 1.165) is 39.2 Å². The third-order valence-corrected chi connectivity index (χ3v) is 8.94. The molecule has 0 saturated carbocycles. The highest BCUT2D eigenvalue weighted by Gasteiger charge is 2.33. The van der Waals surface area contributed by atoms with Crippen LogP contribution >= 0.6 is 0 Å². The molecule has 2 atom stereocenters. The normalized spacial score (nSPS) is 12.5. The Hall–Kier alpha value is -4.63. The molecule has 0 aliphatic heterocycles. The molecular formula is C37H43N3O5S. The van der Waals surface area contributed by atoms with E-state index < -0.39 is 28.5 Å². The highest BCUT2D eigenvalue weighted by Crippen LogP contribution is 2.24. The average Bonchev–Trinajstić information content (AvgIpc) is 3.05. The average molecular weight is 642 g/mol. The molecule has 2 amide bonds. The molecule has 0 saturated heterocycles. The van der Waals surface area contributed by atoms with Gasteiger partial charge in [0.05, 0.1) is 11.9 Å². The van der Waals surface area contributed by atoms with Gasteiger partial charge >= 0.3 is 0 Å². The molecule has 242 valence electrons. The first-order valence-electron chi connectivity index (χ1n) is 15.5. The number of ether oxygens (including phenoxy) is 1. The Balaban J connectivity index is 1.64. The zero-order chi connectivity index (χ0) is 33.1. The highest BCUT2D eigenvalue weighted by atomic mass is 32.2. The predicted octanol–water partition coefficient (Wildman–Crippen LogP) is 5.89. The molecule has 1 N–H and O–H groups in total. The molecule has 0 aromatic heterocycles. The van der Waals surface area contributed by atoms with Gasteiger partial charge in [0.1, 0.15) is 24.9 Å². The van der Waals surface area contributed by atoms with Gasteiger partial charge in [-0.25, -0.2) is 8.42 Å². The summed E-state index contributed by atoms with van der Waals surface area (Å²) in [6.07, 6.45) is 2.07. The van der Waals surface area contributed by atoms with Crippen molar-refractivity contribution in [2.75, 3.05) is 17.1 Å². The summed E-state index contributed by atoms with van der Waals surface area (Å²) >= 11 is 0.